The van der Waals surface area contributed by atoms with Crippen molar-refractivity contribution >= 4 is 108 Å². The van der Waals surface area contributed by atoms with Crippen molar-refractivity contribution in [3.8, 4) is 0 Å². The van der Waals surface area contributed by atoms with Crippen molar-refractivity contribution < 1.29 is 19.1 Å². The van der Waals surface area contributed by atoms with Crippen LogP contribution < -0.4 is 0 Å². The van der Waals surface area contributed by atoms with E-state index in [0.717, 1.165) is 0 Å². The standard InChI is InChI=1S/C7H6Br6O4/c1-3(17-5(15)7(11,12)13)2-16-4(14)6(8,9)10/h3H,2H2,1H3. The maximum Gasteiger partial charge on any atom is 0.345 e. The highest BCUT2D eigenvalue weighted by Crippen LogP contribution is 2.36. The van der Waals surface area contributed by atoms with Gasteiger partial charge in [0.2, 0.25) is 4.29 Å². The topological polar surface area (TPSA) is 52.6 Å². The van der Waals surface area contributed by atoms with E-state index in [1.54, 1.807) is 6.92 Å². The summed E-state index contributed by atoms with van der Waals surface area (Å²) in [5.74, 6) is -1.16. The Morgan fingerprint density at radius 1 is 1.00 bits per heavy atom. The molecule has 0 aliphatic rings. The van der Waals surface area contributed by atoms with Gasteiger partial charge in [-0.15, -0.1) is 0 Å². The molecule has 0 amide bonds. The van der Waals surface area contributed by atoms with Gasteiger partial charge in [-0.2, -0.15) is 0 Å². The molecule has 0 heterocycles. The Morgan fingerprint density at radius 3 is 1.76 bits per heavy atom. The lowest BCUT2D eigenvalue weighted by molar-refractivity contribution is -0.155. The number of carbonyl (C=O) groups excluding carboxylic acids is 2. The van der Waals surface area contributed by atoms with Gasteiger partial charge in [0.05, 0.1) is 0 Å². The third-order valence-electron chi connectivity index (χ3n) is 1.22. The molecule has 100 valence electrons. The summed E-state index contributed by atoms with van der Waals surface area (Å²) in [5.41, 5.74) is 0. The Labute approximate surface area is 149 Å². The van der Waals surface area contributed by atoms with Crippen LogP contribution in [-0.2, 0) is 19.1 Å². The van der Waals surface area contributed by atoms with Gasteiger partial charge < -0.3 is 9.47 Å². The number of halogens is 6. The summed E-state index contributed by atoms with van der Waals surface area (Å²) in [6, 6.07) is 0. The molecule has 0 bridgehead atoms. The van der Waals surface area contributed by atoms with Gasteiger partial charge in [-0.05, 0) is 103 Å². The molecule has 0 saturated carbocycles. The highest BCUT2D eigenvalue weighted by molar-refractivity contribution is 9.40. The van der Waals surface area contributed by atoms with Crippen LogP contribution in [0.5, 0.6) is 0 Å². The van der Waals surface area contributed by atoms with Crippen LogP contribution in [0.3, 0.4) is 0 Å². The van der Waals surface area contributed by atoms with Crippen LogP contribution in [0.25, 0.3) is 0 Å². The molecular weight excluding hydrogens is 627 g/mol. The summed E-state index contributed by atoms with van der Waals surface area (Å²) in [5, 5.41) is 0. The largest absolute Gasteiger partial charge is 0.459 e. The Bertz CT molecular complexity index is 294. The van der Waals surface area contributed by atoms with Gasteiger partial charge in [0.25, 0.3) is 0 Å². The van der Waals surface area contributed by atoms with E-state index >= 15 is 0 Å². The lowest BCUT2D eigenvalue weighted by Gasteiger charge is -2.18. The minimum Gasteiger partial charge on any atom is -0.459 e. The highest BCUT2D eigenvalue weighted by atomic mass is 80.0. The quantitative estimate of drug-likeness (QED) is 0.347. The highest BCUT2D eigenvalue weighted by Gasteiger charge is 2.33. The third kappa shape index (κ3) is 8.56. The fraction of sp³-hybridized carbons (Fsp3) is 0.714. The van der Waals surface area contributed by atoms with Crippen LogP contribution in [0.15, 0.2) is 0 Å². The van der Waals surface area contributed by atoms with Crippen LogP contribution >= 0.6 is 95.6 Å². The molecule has 0 aliphatic heterocycles. The maximum absolute atomic E-state index is 11.4. The molecule has 0 aromatic rings. The molecular formula is C7H6Br6O4. The minimum absolute atomic E-state index is 0.0573. The molecule has 0 fully saturated rings. The Balaban J connectivity index is 4.10. The zero-order chi connectivity index (χ0) is 13.9. The number of hydrogen-bond donors (Lipinski definition) is 0. The molecule has 10 heteroatoms. The zero-order valence-electron chi connectivity index (χ0n) is 8.19. The first-order valence-electron chi connectivity index (χ1n) is 3.96. The van der Waals surface area contributed by atoms with Crippen molar-refractivity contribution in [3.05, 3.63) is 0 Å². The average molecular weight is 634 g/mol. The summed E-state index contributed by atoms with van der Waals surface area (Å²) < 4.78 is 7.60. The monoisotopic (exact) mass is 628 g/mol. The fourth-order valence-electron chi connectivity index (χ4n) is 0.558. The molecule has 0 aromatic heterocycles. The number of carbonyl (C=O) groups is 2. The number of rotatable bonds is 3. The van der Waals surface area contributed by atoms with Gasteiger partial charge in [-0.25, -0.2) is 9.59 Å². The number of esters is 2. The molecule has 4 nitrogen and oxygen atoms in total. The summed E-state index contributed by atoms with van der Waals surface area (Å²) >= 11 is 18.1. The number of hydrogen-bond acceptors (Lipinski definition) is 4. The first-order valence-corrected chi connectivity index (χ1v) is 8.72. The zero-order valence-corrected chi connectivity index (χ0v) is 17.7. The molecule has 0 saturated heterocycles. The van der Waals surface area contributed by atoms with Crippen molar-refractivity contribution in [2.45, 2.75) is 17.3 Å². The predicted octanol–water partition coefficient (Wildman–Crippen LogP) is 4.14. The van der Waals surface area contributed by atoms with Crippen LogP contribution in [0.1, 0.15) is 6.92 Å². The summed E-state index contributed by atoms with van der Waals surface area (Å²) in [4.78, 5) is 22.7. The van der Waals surface area contributed by atoms with E-state index in [1.807, 2.05) is 0 Å². The van der Waals surface area contributed by atoms with Gasteiger partial charge in [0, 0.05) is 0 Å². The van der Waals surface area contributed by atoms with Gasteiger partial charge >= 0.3 is 11.9 Å². The SMILES string of the molecule is CC(COC(=O)C(Br)(Br)Br)OC(=O)C(Br)(Br)Br. The Hall–Kier alpha value is 1.82. The van der Waals surface area contributed by atoms with Crippen LogP contribution in [0.4, 0.5) is 0 Å². The second-order valence-electron chi connectivity index (χ2n) is 2.81. The molecule has 0 aliphatic carbocycles. The molecule has 0 radical (unpaired) electrons. The second-order valence-corrected chi connectivity index (χ2v) is 16.3. The van der Waals surface area contributed by atoms with Crippen molar-refractivity contribution in [3.63, 3.8) is 0 Å². The molecule has 0 rings (SSSR count). The van der Waals surface area contributed by atoms with E-state index < -0.39 is 22.3 Å². The first kappa shape index (κ1) is 18.8. The molecule has 1 unspecified atom stereocenters. The number of ether oxygens (including phenoxy) is 2. The lowest BCUT2D eigenvalue weighted by atomic mass is 10.4. The predicted molar refractivity (Wildman–Crippen MR) is 85.5 cm³/mol. The van der Waals surface area contributed by atoms with Crippen LogP contribution in [0.2, 0.25) is 0 Å². The van der Waals surface area contributed by atoms with E-state index in [0.29, 0.717) is 0 Å². The van der Waals surface area contributed by atoms with Gasteiger partial charge in [0.15, 0.2) is 0 Å². The van der Waals surface area contributed by atoms with Crippen molar-refractivity contribution in [2.24, 2.45) is 0 Å². The smallest absolute Gasteiger partial charge is 0.345 e. The van der Waals surface area contributed by atoms with Crippen LogP contribution in [-0.4, -0.2) is 28.9 Å². The first-order chi connectivity index (χ1) is 7.44. The lowest BCUT2D eigenvalue weighted by Crippen LogP contribution is -2.30. The third-order valence-corrected chi connectivity index (χ3v) is 3.16. The summed E-state index contributed by atoms with van der Waals surface area (Å²) in [7, 11) is 0. The van der Waals surface area contributed by atoms with Crippen LogP contribution in [0, 0.1) is 0 Å². The normalized spacial score (nSPS) is 14.1. The van der Waals surface area contributed by atoms with E-state index in [1.165, 1.54) is 0 Å². The van der Waals surface area contributed by atoms with E-state index in [9.17, 15) is 9.59 Å². The molecule has 17 heavy (non-hydrogen) atoms. The molecule has 0 spiro atoms. The van der Waals surface area contributed by atoms with E-state index in [-0.39, 0.29) is 6.61 Å². The van der Waals surface area contributed by atoms with E-state index in [2.05, 4.69) is 95.6 Å². The van der Waals surface area contributed by atoms with Gasteiger partial charge in [-0.1, -0.05) is 0 Å². The summed E-state index contributed by atoms with van der Waals surface area (Å²) in [6.07, 6.45) is -0.576. The van der Waals surface area contributed by atoms with Crippen molar-refractivity contribution in [2.75, 3.05) is 6.61 Å². The van der Waals surface area contributed by atoms with Gasteiger partial charge in [-0.3, -0.25) is 0 Å². The molecule has 1 atom stereocenters. The fourth-order valence-corrected chi connectivity index (χ4v) is 1.18. The Morgan fingerprint density at radius 2 is 1.41 bits per heavy atom. The Kier molecular flexibility index (Phi) is 8.37. The van der Waals surface area contributed by atoms with Crippen molar-refractivity contribution in [1.29, 1.82) is 0 Å². The maximum atomic E-state index is 11.4. The molecule has 0 N–H and O–H groups in total. The van der Waals surface area contributed by atoms with Crippen molar-refractivity contribution in [1.82, 2.24) is 0 Å². The number of alkyl halides is 6. The van der Waals surface area contributed by atoms with E-state index in [4.69, 9.17) is 9.47 Å². The molecule has 0 aromatic carbocycles. The average Bonchev–Trinajstić information content (AvgIpc) is 2.10. The second kappa shape index (κ2) is 7.56. The minimum atomic E-state index is -1.13. The summed E-state index contributed by atoms with van der Waals surface area (Å²) in [6.45, 7) is 1.54. The van der Waals surface area contributed by atoms with Gasteiger partial charge in [0.1, 0.15) is 12.7 Å².